The standard InChI is InChI=1S/C17H22N4O5/c18-14-4-3-11(5-15(14)21(25)26)17(24)19-12-6-13(7-12)20(9-16(22)23)8-10-1-2-10/h3-5,10,12-13H,1-2,6-9,18H2,(H,19,24)(H,22,23). The molecule has 0 saturated heterocycles. The van der Waals surface area contributed by atoms with Crippen LogP contribution in [0.1, 0.15) is 36.0 Å². The number of carbonyl (C=O) groups excluding carboxylic acids is 1. The Balaban J connectivity index is 1.54. The lowest BCUT2D eigenvalue weighted by molar-refractivity contribution is -0.383. The van der Waals surface area contributed by atoms with Crippen LogP contribution >= 0.6 is 0 Å². The minimum Gasteiger partial charge on any atom is -0.480 e. The first-order valence-electron chi connectivity index (χ1n) is 8.64. The second-order valence-electron chi connectivity index (χ2n) is 7.09. The van der Waals surface area contributed by atoms with Crippen molar-refractivity contribution in [1.29, 1.82) is 0 Å². The number of nitro groups is 1. The fraction of sp³-hybridized carbons (Fsp3) is 0.529. The number of carboxylic acid groups (broad SMARTS) is 1. The maximum Gasteiger partial charge on any atom is 0.317 e. The number of hydrogen-bond donors (Lipinski definition) is 3. The molecule has 9 heteroatoms. The summed E-state index contributed by atoms with van der Waals surface area (Å²) in [5.41, 5.74) is 5.45. The molecule has 0 aromatic heterocycles. The summed E-state index contributed by atoms with van der Waals surface area (Å²) in [6, 6.07) is 4.07. The molecular formula is C17H22N4O5. The van der Waals surface area contributed by atoms with Crippen LogP contribution in [0, 0.1) is 16.0 Å². The van der Waals surface area contributed by atoms with Gasteiger partial charge in [-0.15, -0.1) is 0 Å². The molecule has 140 valence electrons. The van der Waals surface area contributed by atoms with Crippen molar-refractivity contribution >= 4 is 23.3 Å². The fourth-order valence-corrected chi connectivity index (χ4v) is 3.26. The average Bonchev–Trinajstić information content (AvgIpc) is 3.33. The Bertz CT molecular complexity index is 728. The normalized spacial score (nSPS) is 21.9. The molecule has 9 nitrogen and oxygen atoms in total. The number of amides is 1. The lowest BCUT2D eigenvalue weighted by Crippen LogP contribution is -2.55. The van der Waals surface area contributed by atoms with Gasteiger partial charge >= 0.3 is 5.97 Å². The lowest BCUT2D eigenvalue weighted by Gasteiger charge is -2.42. The van der Waals surface area contributed by atoms with E-state index in [-0.39, 0.29) is 41.5 Å². The molecule has 2 aliphatic rings. The zero-order valence-electron chi connectivity index (χ0n) is 14.3. The summed E-state index contributed by atoms with van der Waals surface area (Å²) in [6.45, 7) is 0.813. The molecule has 3 rings (SSSR count). The minimum atomic E-state index is -0.840. The van der Waals surface area contributed by atoms with Gasteiger partial charge in [0.25, 0.3) is 11.6 Å². The van der Waals surface area contributed by atoms with Crippen molar-refractivity contribution in [3.8, 4) is 0 Å². The van der Waals surface area contributed by atoms with E-state index >= 15 is 0 Å². The molecule has 0 unspecified atom stereocenters. The van der Waals surface area contributed by atoms with Crippen molar-refractivity contribution in [2.24, 2.45) is 5.92 Å². The molecule has 2 saturated carbocycles. The highest BCUT2D eigenvalue weighted by Gasteiger charge is 2.37. The molecule has 0 aliphatic heterocycles. The number of nitrogen functional groups attached to an aromatic ring is 1. The van der Waals surface area contributed by atoms with Crippen LogP contribution in [-0.4, -0.2) is 52.0 Å². The third-order valence-electron chi connectivity index (χ3n) is 4.98. The van der Waals surface area contributed by atoms with Crippen molar-refractivity contribution in [3.63, 3.8) is 0 Å². The number of carboxylic acids is 1. The van der Waals surface area contributed by atoms with E-state index in [0.29, 0.717) is 18.8 Å². The quantitative estimate of drug-likeness (QED) is 0.359. The van der Waals surface area contributed by atoms with Gasteiger partial charge in [0.15, 0.2) is 0 Å². The highest BCUT2D eigenvalue weighted by molar-refractivity contribution is 5.95. The van der Waals surface area contributed by atoms with Gasteiger partial charge in [-0.3, -0.25) is 24.6 Å². The zero-order valence-corrected chi connectivity index (χ0v) is 14.3. The maximum atomic E-state index is 12.3. The van der Waals surface area contributed by atoms with Gasteiger partial charge in [0, 0.05) is 30.3 Å². The second-order valence-corrected chi connectivity index (χ2v) is 7.09. The van der Waals surface area contributed by atoms with Gasteiger partial charge in [0.05, 0.1) is 11.5 Å². The maximum absolute atomic E-state index is 12.3. The molecule has 1 aromatic carbocycles. The highest BCUT2D eigenvalue weighted by Crippen LogP contribution is 2.34. The largest absolute Gasteiger partial charge is 0.480 e. The van der Waals surface area contributed by atoms with Gasteiger partial charge in [-0.1, -0.05) is 0 Å². The number of aliphatic carboxylic acids is 1. The number of nitrogens with zero attached hydrogens (tertiary/aromatic N) is 2. The van der Waals surface area contributed by atoms with Crippen molar-refractivity contribution in [3.05, 3.63) is 33.9 Å². The molecule has 0 bridgehead atoms. The van der Waals surface area contributed by atoms with Crippen LogP contribution in [0.4, 0.5) is 11.4 Å². The van der Waals surface area contributed by atoms with Gasteiger partial charge < -0.3 is 16.2 Å². The monoisotopic (exact) mass is 362 g/mol. The van der Waals surface area contributed by atoms with E-state index in [1.165, 1.54) is 18.2 Å². The van der Waals surface area contributed by atoms with Crippen molar-refractivity contribution in [1.82, 2.24) is 10.2 Å². The molecule has 0 atom stereocenters. The highest BCUT2D eigenvalue weighted by atomic mass is 16.6. The first-order valence-corrected chi connectivity index (χ1v) is 8.64. The fourth-order valence-electron chi connectivity index (χ4n) is 3.26. The van der Waals surface area contributed by atoms with E-state index in [1.807, 2.05) is 4.90 Å². The molecule has 0 radical (unpaired) electrons. The van der Waals surface area contributed by atoms with E-state index < -0.39 is 10.9 Å². The SMILES string of the molecule is Nc1ccc(C(=O)NC2CC(N(CC(=O)O)CC3CC3)C2)cc1[N+](=O)[O-]. The van der Waals surface area contributed by atoms with Crippen LogP contribution in [0.3, 0.4) is 0 Å². The van der Waals surface area contributed by atoms with Gasteiger partial charge in [-0.2, -0.15) is 0 Å². The summed E-state index contributed by atoms with van der Waals surface area (Å²) in [5.74, 6) is -0.630. The number of anilines is 1. The zero-order chi connectivity index (χ0) is 18.8. The van der Waals surface area contributed by atoms with E-state index in [4.69, 9.17) is 10.8 Å². The predicted octanol–water partition coefficient (Wildman–Crippen LogP) is 1.23. The molecule has 0 spiro atoms. The predicted molar refractivity (Wildman–Crippen MR) is 93.7 cm³/mol. The van der Waals surface area contributed by atoms with Gasteiger partial charge in [0.2, 0.25) is 0 Å². The summed E-state index contributed by atoms with van der Waals surface area (Å²) in [6.07, 6.45) is 3.67. The van der Waals surface area contributed by atoms with Gasteiger partial charge in [-0.25, -0.2) is 0 Å². The number of nitrogens with one attached hydrogen (secondary N) is 1. The van der Waals surface area contributed by atoms with Crippen LogP contribution in [0.15, 0.2) is 18.2 Å². The number of rotatable bonds is 8. The Labute approximate surface area is 150 Å². The third-order valence-corrected chi connectivity index (χ3v) is 4.98. The van der Waals surface area contributed by atoms with Crippen molar-refractivity contribution in [2.75, 3.05) is 18.8 Å². The molecule has 0 heterocycles. The number of carbonyl (C=O) groups is 2. The second kappa shape index (κ2) is 7.28. The van der Waals surface area contributed by atoms with Crippen LogP contribution in [-0.2, 0) is 4.79 Å². The van der Waals surface area contributed by atoms with E-state index in [9.17, 15) is 19.7 Å². The Morgan fingerprint density at radius 3 is 2.62 bits per heavy atom. The summed E-state index contributed by atoms with van der Waals surface area (Å²) in [7, 11) is 0. The van der Waals surface area contributed by atoms with Crippen LogP contribution in [0.5, 0.6) is 0 Å². The van der Waals surface area contributed by atoms with E-state index in [2.05, 4.69) is 5.32 Å². The third kappa shape index (κ3) is 4.29. The summed E-state index contributed by atoms with van der Waals surface area (Å²) in [5, 5.41) is 22.8. The van der Waals surface area contributed by atoms with Gasteiger partial charge in [0.1, 0.15) is 5.69 Å². The lowest BCUT2D eigenvalue weighted by atomic mass is 9.85. The molecule has 1 aromatic rings. The first kappa shape index (κ1) is 18.1. The van der Waals surface area contributed by atoms with Crippen molar-refractivity contribution < 1.29 is 19.6 Å². The average molecular weight is 362 g/mol. The Morgan fingerprint density at radius 2 is 2.04 bits per heavy atom. The van der Waals surface area contributed by atoms with E-state index in [1.54, 1.807) is 0 Å². The van der Waals surface area contributed by atoms with Crippen LogP contribution in [0.25, 0.3) is 0 Å². The molecule has 26 heavy (non-hydrogen) atoms. The summed E-state index contributed by atoms with van der Waals surface area (Å²) < 4.78 is 0. The Kier molecular flexibility index (Phi) is 5.08. The van der Waals surface area contributed by atoms with Crippen LogP contribution in [0.2, 0.25) is 0 Å². The Hall–Kier alpha value is -2.68. The molecule has 2 fully saturated rings. The molecule has 4 N–H and O–H groups in total. The van der Waals surface area contributed by atoms with Gasteiger partial charge in [-0.05, 0) is 43.7 Å². The smallest absolute Gasteiger partial charge is 0.317 e. The minimum absolute atomic E-state index is 0.0136. The number of nitrogens with two attached hydrogens (primary N) is 1. The molecule has 1 amide bonds. The molecule has 2 aliphatic carbocycles. The number of hydrogen-bond acceptors (Lipinski definition) is 6. The van der Waals surface area contributed by atoms with Crippen molar-refractivity contribution in [2.45, 2.75) is 37.8 Å². The summed E-state index contributed by atoms with van der Waals surface area (Å²) in [4.78, 5) is 35.6. The topological polar surface area (TPSA) is 139 Å². The van der Waals surface area contributed by atoms with E-state index in [0.717, 1.165) is 19.4 Å². The Morgan fingerprint density at radius 1 is 1.35 bits per heavy atom. The molecular weight excluding hydrogens is 340 g/mol. The number of nitro benzene ring substituents is 1. The summed E-state index contributed by atoms with van der Waals surface area (Å²) >= 11 is 0. The first-order chi connectivity index (χ1) is 12.3. The van der Waals surface area contributed by atoms with Crippen LogP contribution < -0.4 is 11.1 Å². The number of benzene rings is 1.